The summed E-state index contributed by atoms with van der Waals surface area (Å²) in [6.07, 6.45) is 4.23. The first kappa shape index (κ1) is 10.3. The summed E-state index contributed by atoms with van der Waals surface area (Å²) in [5, 5.41) is 0. The minimum Gasteiger partial charge on any atom is -0.412 e. The highest BCUT2D eigenvalue weighted by molar-refractivity contribution is 6.72. The fourth-order valence-corrected chi connectivity index (χ4v) is 6.07. The average molecular weight is 186 g/mol. The number of hydrogen-bond acceptors (Lipinski definition) is 1. The van der Waals surface area contributed by atoms with Gasteiger partial charge in [0.15, 0.2) is 8.32 Å². The topological polar surface area (TPSA) is 9.23 Å². The van der Waals surface area contributed by atoms with Gasteiger partial charge in [-0.15, -0.1) is 0 Å². The third-order valence-electron chi connectivity index (χ3n) is 2.46. The highest BCUT2D eigenvalue weighted by atomic mass is 28.4. The highest BCUT2D eigenvalue weighted by Gasteiger charge is 2.34. The maximum atomic E-state index is 6.20. The lowest BCUT2D eigenvalue weighted by Gasteiger charge is -2.37. The molecule has 0 spiro atoms. The molecule has 1 heterocycles. The van der Waals surface area contributed by atoms with Crippen LogP contribution in [-0.2, 0) is 4.43 Å². The molecular formula is C10H22OSi. The zero-order chi connectivity index (χ0) is 9.24. The molecule has 0 aromatic heterocycles. The van der Waals surface area contributed by atoms with Crippen LogP contribution in [0.3, 0.4) is 0 Å². The van der Waals surface area contributed by atoms with Gasteiger partial charge in [-0.2, -0.15) is 0 Å². The van der Waals surface area contributed by atoms with Gasteiger partial charge in [0.1, 0.15) is 0 Å². The average Bonchev–Trinajstić information content (AvgIpc) is 1.83. The first-order chi connectivity index (χ1) is 5.41. The van der Waals surface area contributed by atoms with Crippen LogP contribution in [0.4, 0.5) is 0 Å². The van der Waals surface area contributed by atoms with Gasteiger partial charge in [-0.05, 0) is 39.4 Å². The lowest BCUT2D eigenvalue weighted by Crippen LogP contribution is -2.43. The molecular weight excluding hydrogens is 164 g/mol. The van der Waals surface area contributed by atoms with Crippen LogP contribution in [0.2, 0.25) is 18.6 Å². The molecule has 0 saturated carbocycles. The largest absolute Gasteiger partial charge is 0.412 e. The summed E-state index contributed by atoms with van der Waals surface area (Å²) in [7, 11) is -1.27. The molecule has 0 N–H and O–H groups in total. The second-order valence-corrected chi connectivity index (χ2v) is 9.33. The van der Waals surface area contributed by atoms with E-state index in [4.69, 9.17) is 4.43 Å². The van der Waals surface area contributed by atoms with E-state index in [1.165, 1.54) is 31.4 Å². The first-order valence-corrected chi connectivity index (χ1v) is 7.94. The van der Waals surface area contributed by atoms with E-state index in [1.807, 2.05) is 0 Å². The Morgan fingerprint density at radius 1 is 1.00 bits per heavy atom. The Morgan fingerprint density at radius 2 is 1.50 bits per heavy atom. The smallest absolute Gasteiger partial charge is 0.190 e. The molecule has 1 aliphatic heterocycles. The van der Waals surface area contributed by atoms with Crippen molar-refractivity contribution in [2.75, 3.05) is 0 Å². The zero-order valence-corrected chi connectivity index (χ0v) is 9.94. The van der Waals surface area contributed by atoms with Gasteiger partial charge in [-0.25, -0.2) is 0 Å². The van der Waals surface area contributed by atoms with Crippen molar-refractivity contribution in [2.45, 2.75) is 64.3 Å². The molecule has 1 saturated heterocycles. The molecule has 0 radical (unpaired) electrons. The fourth-order valence-electron chi connectivity index (χ4n) is 2.14. The summed E-state index contributed by atoms with van der Waals surface area (Å²) < 4.78 is 6.20. The summed E-state index contributed by atoms with van der Waals surface area (Å²) in [4.78, 5) is 0. The number of hydrogen-bond donors (Lipinski definition) is 0. The minimum absolute atomic E-state index is 0.0817. The molecule has 72 valence electrons. The molecule has 1 nitrogen and oxygen atoms in total. The van der Waals surface area contributed by atoms with E-state index in [0.29, 0.717) is 0 Å². The molecule has 0 atom stereocenters. The monoisotopic (exact) mass is 186 g/mol. The SMILES string of the molecule is CC(C)(C)O[Si]1(C)CCCCC1. The van der Waals surface area contributed by atoms with Gasteiger partial charge in [0.2, 0.25) is 0 Å². The lowest BCUT2D eigenvalue weighted by molar-refractivity contribution is 0.115. The van der Waals surface area contributed by atoms with Crippen LogP contribution in [-0.4, -0.2) is 13.9 Å². The van der Waals surface area contributed by atoms with Crippen LogP contribution >= 0.6 is 0 Å². The summed E-state index contributed by atoms with van der Waals surface area (Å²) >= 11 is 0. The van der Waals surface area contributed by atoms with Gasteiger partial charge >= 0.3 is 0 Å². The summed E-state index contributed by atoms with van der Waals surface area (Å²) in [5.41, 5.74) is 0.0817. The maximum Gasteiger partial charge on any atom is 0.190 e. The van der Waals surface area contributed by atoms with Crippen LogP contribution < -0.4 is 0 Å². The Labute approximate surface area is 77.6 Å². The van der Waals surface area contributed by atoms with E-state index in [-0.39, 0.29) is 5.60 Å². The third kappa shape index (κ3) is 3.28. The second-order valence-electron chi connectivity index (χ2n) is 5.23. The van der Waals surface area contributed by atoms with Crippen molar-refractivity contribution in [3.05, 3.63) is 0 Å². The van der Waals surface area contributed by atoms with E-state index >= 15 is 0 Å². The summed E-state index contributed by atoms with van der Waals surface area (Å²) in [6.45, 7) is 8.94. The second kappa shape index (κ2) is 3.50. The van der Waals surface area contributed by atoms with Crippen molar-refractivity contribution in [3.8, 4) is 0 Å². The van der Waals surface area contributed by atoms with Crippen molar-refractivity contribution in [3.63, 3.8) is 0 Å². The lowest BCUT2D eigenvalue weighted by atomic mass is 10.2. The normalized spacial score (nSPS) is 24.0. The van der Waals surface area contributed by atoms with Crippen molar-refractivity contribution < 1.29 is 4.43 Å². The predicted molar refractivity (Wildman–Crippen MR) is 55.9 cm³/mol. The molecule has 0 aromatic carbocycles. The molecule has 2 heteroatoms. The van der Waals surface area contributed by atoms with E-state index in [2.05, 4.69) is 27.3 Å². The van der Waals surface area contributed by atoms with Crippen LogP contribution in [0.1, 0.15) is 40.0 Å². The molecule has 0 aliphatic carbocycles. The maximum absolute atomic E-state index is 6.20. The van der Waals surface area contributed by atoms with Crippen LogP contribution in [0.15, 0.2) is 0 Å². The Morgan fingerprint density at radius 3 is 1.92 bits per heavy atom. The molecule has 0 aromatic rings. The molecule has 0 amide bonds. The number of rotatable bonds is 1. The Hall–Kier alpha value is 0.177. The fraction of sp³-hybridized carbons (Fsp3) is 1.00. The molecule has 1 aliphatic rings. The van der Waals surface area contributed by atoms with Gasteiger partial charge < -0.3 is 4.43 Å². The molecule has 1 rings (SSSR count). The molecule has 0 unspecified atom stereocenters. The van der Waals surface area contributed by atoms with Crippen molar-refractivity contribution in [1.29, 1.82) is 0 Å². The van der Waals surface area contributed by atoms with E-state index in [9.17, 15) is 0 Å². The minimum atomic E-state index is -1.27. The van der Waals surface area contributed by atoms with E-state index in [0.717, 1.165) is 0 Å². The van der Waals surface area contributed by atoms with Crippen LogP contribution in [0.5, 0.6) is 0 Å². The van der Waals surface area contributed by atoms with Crippen molar-refractivity contribution in [1.82, 2.24) is 0 Å². The van der Waals surface area contributed by atoms with Gasteiger partial charge in [0.05, 0.1) is 0 Å². The van der Waals surface area contributed by atoms with Crippen LogP contribution in [0.25, 0.3) is 0 Å². The van der Waals surface area contributed by atoms with Crippen molar-refractivity contribution >= 4 is 8.32 Å². The third-order valence-corrected chi connectivity index (χ3v) is 6.39. The molecule has 0 bridgehead atoms. The van der Waals surface area contributed by atoms with E-state index < -0.39 is 8.32 Å². The van der Waals surface area contributed by atoms with Crippen LogP contribution in [0, 0.1) is 0 Å². The quantitative estimate of drug-likeness (QED) is 0.569. The Bertz CT molecular complexity index is 142. The molecule has 1 fully saturated rings. The van der Waals surface area contributed by atoms with Crippen molar-refractivity contribution in [2.24, 2.45) is 0 Å². The summed E-state index contributed by atoms with van der Waals surface area (Å²) in [5.74, 6) is 0. The van der Waals surface area contributed by atoms with Gasteiger partial charge in [0, 0.05) is 5.60 Å². The van der Waals surface area contributed by atoms with Gasteiger partial charge in [0.25, 0.3) is 0 Å². The Balaban J connectivity index is 2.47. The van der Waals surface area contributed by atoms with Gasteiger partial charge in [-0.3, -0.25) is 0 Å². The van der Waals surface area contributed by atoms with Gasteiger partial charge in [-0.1, -0.05) is 19.3 Å². The highest BCUT2D eigenvalue weighted by Crippen LogP contribution is 2.32. The standard InChI is InChI=1S/C10H22OSi/c1-10(2,3)11-12(4)8-6-5-7-9-12/h5-9H2,1-4H3. The first-order valence-electron chi connectivity index (χ1n) is 5.12. The summed E-state index contributed by atoms with van der Waals surface area (Å²) in [6, 6.07) is 2.76. The zero-order valence-electron chi connectivity index (χ0n) is 8.94. The Kier molecular flexibility index (Phi) is 3.00. The predicted octanol–water partition coefficient (Wildman–Crippen LogP) is 3.56. The molecule has 12 heavy (non-hydrogen) atoms. The van der Waals surface area contributed by atoms with E-state index in [1.54, 1.807) is 0 Å².